The molecule has 2 amide bonds. The zero-order valence-electron chi connectivity index (χ0n) is 18.2. The van der Waals surface area contributed by atoms with E-state index in [1.165, 1.54) is 5.56 Å². The maximum atomic E-state index is 12.5. The Hall–Kier alpha value is -3.61. The molecule has 7 nitrogen and oxygen atoms in total. The molecule has 3 aromatic rings. The summed E-state index contributed by atoms with van der Waals surface area (Å²) in [6.07, 6.45) is 2.37. The van der Waals surface area contributed by atoms with Crippen molar-refractivity contribution in [2.45, 2.75) is 32.3 Å². The van der Waals surface area contributed by atoms with Gasteiger partial charge in [-0.25, -0.2) is 0 Å². The predicted octanol–water partition coefficient (Wildman–Crippen LogP) is 3.37. The van der Waals surface area contributed by atoms with Gasteiger partial charge in [0.2, 0.25) is 0 Å². The molecular weight excluding hydrogens is 404 g/mol. The van der Waals surface area contributed by atoms with E-state index in [4.69, 9.17) is 4.74 Å². The van der Waals surface area contributed by atoms with E-state index in [1.54, 1.807) is 18.2 Å². The van der Waals surface area contributed by atoms with Crippen molar-refractivity contribution in [3.63, 3.8) is 0 Å². The minimum Gasteiger partial charge on any atom is -0.490 e. The van der Waals surface area contributed by atoms with Gasteiger partial charge in [0.05, 0.1) is 0 Å². The number of carbonyl (C=O) groups excluding carboxylic acids is 2. The van der Waals surface area contributed by atoms with Crippen LogP contribution >= 0.6 is 0 Å². The first-order valence-corrected chi connectivity index (χ1v) is 11.0. The fourth-order valence-electron chi connectivity index (χ4n) is 3.81. The molecule has 0 bridgehead atoms. The van der Waals surface area contributed by atoms with Gasteiger partial charge in [-0.1, -0.05) is 30.3 Å². The Kier molecular flexibility index (Phi) is 6.84. The second-order valence-electron chi connectivity index (χ2n) is 8.06. The van der Waals surface area contributed by atoms with Gasteiger partial charge in [0.15, 0.2) is 0 Å². The number of H-pyrrole nitrogens is 1. The van der Waals surface area contributed by atoms with Gasteiger partial charge in [0.1, 0.15) is 17.5 Å². The summed E-state index contributed by atoms with van der Waals surface area (Å²) in [5.41, 5.74) is 3.14. The van der Waals surface area contributed by atoms with Crippen LogP contribution in [0.5, 0.6) is 5.75 Å². The van der Waals surface area contributed by atoms with Gasteiger partial charge in [0, 0.05) is 43.7 Å². The number of hydrogen-bond donors (Lipinski definition) is 2. The van der Waals surface area contributed by atoms with E-state index in [1.807, 2.05) is 42.2 Å². The molecular formula is C25H28N4O3. The lowest BCUT2D eigenvalue weighted by Gasteiger charge is -2.31. The summed E-state index contributed by atoms with van der Waals surface area (Å²) in [6, 6.07) is 19.1. The van der Waals surface area contributed by atoms with E-state index in [0.29, 0.717) is 30.9 Å². The lowest BCUT2D eigenvalue weighted by atomic mass is 10.1. The number of likely N-dealkylation sites (tertiary alicyclic amines) is 1. The van der Waals surface area contributed by atoms with Crippen molar-refractivity contribution in [1.82, 2.24) is 20.4 Å². The maximum Gasteiger partial charge on any atom is 0.274 e. The smallest absolute Gasteiger partial charge is 0.274 e. The maximum absolute atomic E-state index is 12.5. The van der Waals surface area contributed by atoms with Crippen LogP contribution in [0.2, 0.25) is 0 Å². The topological polar surface area (TPSA) is 87.3 Å². The molecule has 166 valence electrons. The molecule has 1 saturated heterocycles. The van der Waals surface area contributed by atoms with Gasteiger partial charge in [-0.15, -0.1) is 0 Å². The van der Waals surface area contributed by atoms with Crippen molar-refractivity contribution in [3.8, 4) is 5.75 Å². The fourth-order valence-corrected chi connectivity index (χ4v) is 3.81. The lowest BCUT2D eigenvalue weighted by molar-refractivity contribution is 0.0590. The second-order valence-corrected chi connectivity index (χ2v) is 8.06. The number of hydrogen-bond acceptors (Lipinski definition) is 4. The number of piperidine rings is 1. The monoisotopic (exact) mass is 432 g/mol. The molecule has 2 heterocycles. The summed E-state index contributed by atoms with van der Waals surface area (Å²) in [7, 11) is 0. The quantitative estimate of drug-likeness (QED) is 0.599. The molecule has 2 aromatic carbocycles. The summed E-state index contributed by atoms with van der Waals surface area (Å²) in [5.74, 6) is 0.599. The summed E-state index contributed by atoms with van der Waals surface area (Å²) in [4.78, 5) is 26.7. The van der Waals surface area contributed by atoms with Crippen LogP contribution in [-0.2, 0) is 6.42 Å². The van der Waals surface area contributed by atoms with Gasteiger partial charge in [-0.2, -0.15) is 5.10 Å². The Morgan fingerprint density at radius 3 is 2.47 bits per heavy atom. The molecule has 1 fully saturated rings. The number of aromatic amines is 1. The number of amides is 2. The minimum atomic E-state index is -0.0899. The number of rotatable bonds is 7. The molecule has 2 N–H and O–H groups in total. The van der Waals surface area contributed by atoms with Crippen molar-refractivity contribution in [2.75, 3.05) is 19.6 Å². The summed E-state index contributed by atoms with van der Waals surface area (Å²) < 4.78 is 6.08. The van der Waals surface area contributed by atoms with Gasteiger partial charge < -0.3 is 15.0 Å². The van der Waals surface area contributed by atoms with Crippen molar-refractivity contribution in [3.05, 3.63) is 83.2 Å². The molecule has 0 saturated carbocycles. The first-order valence-electron chi connectivity index (χ1n) is 11.0. The van der Waals surface area contributed by atoms with Crippen molar-refractivity contribution in [1.29, 1.82) is 0 Å². The molecule has 0 atom stereocenters. The molecule has 0 aliphatic carbocycles. The van der Waals surface area contributed by atoms with Crippen LogP contribution in [0.3, 0.4) is 0 Å². The van der Waals surface area contributed by atoms with Gasteiger partial charge >= 0.3 is 0 Å². The number of carbonyl (C=O) groups is 2. The average molecular weight is 433 g/mol. The SMILES string of the molecule is Cc1cc(C(=O)N2CCC(Oc3ccc(C(=O)NCCc4ccccc4)cc3)CC2)n[nH]1. The third kappa shape index (κ3) is 5.55. The standard InChI is InChI=1S/C25H28N4O3/c1-18-17-23(28-27-18)25(31)29-15-12-22(13-16-29)32-21-9-7-20(8-10-21)24(30)26-14-11-19-5-3-2-4-6-19/h2-10,17,22H,11-16H2,1H3,(H,26,30)(H,27,28). The molecule has 4 rings (SSSR count). The van der Waals surface area contributed by atoms with Gasteiger partial charge in [0.25, 0.3) is 11.8 Å². The average Bonchev–Trinajstić information content (AvgIpc) is 3.26. The Morgan fingerprint density at radius 2 is 1.81 bits per heavy atom. The number of aryl methyl sites for hydroxylation is 1. The highest BCUT2D eigenvalue weighted by Crippen LogP contribution is 2.20. The zero-order chi connectivity index (χ0) is 22.3. The van der Waals surface area contributed by atoms with Gasteiger partial charge in [-0.05, 0) is 49.2 Å². The molecule has 0 spiro atoms. The number of aromatic nitrogens is 2. The fraction of sp³-hybridized carbons (Fsp3) is 0.320. The Balaban J connectivity index is 1.22. The van der Waals surface area contributed by atoms with Crippen LogP contribution in [0.4, 0.5) is 0 Å². The highest BCUT2D eigenvalue weighted by Gasteiger charge is 2.26. The van der Waals surface area contributed by atoms with Crippen LogP contribution in [0.1, 0.15) is 44.9 Å². The Labute approximate surface area is 187 Å². The Bertz CT molecular complexity index is 1040. The van der Waals surface area contributed by atoms with Crippen LogP contribution in [0.15, 0.2) is 60.7 Å². The molecule has 0 radical (unpaired) electrons. The van der Waals surface area contributed by atoms with E-state index in [9.17, 15) is 9.59 Å². The third-order valence-electron chi connectivity index (χ3n) is 5.62. The first kappa shape index (κ1) is 21.6. The van der Waals surface area contributed by atoms with Crippen molar-refractivity contribution in [2.24, 2.45) is 0 Å². The second kappa shape index (κ2) is 10.1. The predicted molar refractivity (Wildman–Crippen MR) is 122 cm³/mol. The van der Waals surface area contributed by atoms with Crippen LogP contribution in [0.25, 0.3) is 0 Å². The molecule has 0 unspecified atom stereocenters. The van der Waals surface area contributed by atoms with Crippen molar-refractivity contribution < 1.29 is 14.3 Å². The number of ether oxygens (including phenoxy) is 1. The molecule has 1 aliphatic heterocycles. The molecule has 32 heavy (non-hydrogen) atoms. The largest absolute Gasteiger partial charge is 0.490 e. The van der Waals surface area contributed by atoms with E-state index in [-0.39, 0.29) is 17.9 Å². The van der Waals surface area contributed by atoms with Crippen LogP contribution in [0, 0.1) is 6.92 Å². The first-order chi connectivity index (χ1) is 15.6. The van der Waals surface area contributed by atoms with Crippen LogP contribution < -0.4 is 10.1 Å². The molecule has 1 aliphatic rings. The summed E-state index contributed by atoms with van der Waals surface area (Å²) >= 11 is 0. The van der Waals surface area contributed by atoms with E-state index < -0.39 is 0 Å². The van der Waals surface area contributed by atoms with E-state index >= 15 is 0 Å². The van der Waals surface area contributed by atoms with Crippen LogP contribution in [-0.4, -0.2) is 52.6 Å². The normalized spacial score (nSPS) is 14.2. The lowest BCUT2D eigenvalue weighted by Crippen LogP contribution is -2.41. The molecule has 1 aromatic heterocycles. The van der Waals surface area contributed by atoms with Gasteiger partial charge in [-0.3, -0.25) is 14.7 Å². The number of benzene rings is 2. The third-order valence-corrected chi connectivity index (χ3v) is 5.62. The van der Waals surface area contributed by atoms with E-state index in [0.717, 1.165) is 30.7 Å². The Morgan fingerprint density at radius 1 is 1.09 bits per heavy atom. The highest BCUT2D eigenvalue weighted by atomic mass is 16.5. The number of nitrogens with one attached hydrogen (secondary N) is 2. The summed E-state index contributed by atoms with van der Waals surface area (Å²) in [6.45, 7) is 3.74. The van der Waals surface area contributed by atoms with Crippen molar-refractivity contribution >= 4 is 11.8 Å². The minimum absolute atomic E-state index is 0.0459. The zero-order valence-corrected chi connectivity index (χ0v) is 18.2. The summed E-state index contributed by atoms with van der Waals surface area (Å²) in [5, 5.41) is 9.82. The van der Waals surface area contributed by atoms with E-state index in [2.05, 4.69) is 27.6 Å². The highest BCUT2D eigenvalue weighted by molar-refractivity contribution is 5.94. The molecule has 7 heteroatoms. The number of nitrogens with zero attached hydrogens (tertiary/aromatic N) is 2.